The second-order valence-electron chi connectivity index (χ2n) is 9.51. The smallest absolute Gasteiger partial charge is 0.126 e. The molecule has 0 unspecified atom stereocenters. The Kier molecular flexibility index (Phi) is 6.68. The fourth-order valence-electron chi connectivity index (χ4n) is 4.18. The summed E-state index contributed by atoms with van der Waals surface area (Å²) in [5, 5.41) is 4.05. The third kappa shape index (κ3) is 5.70. The average Bonchev–Trinajstić information content (AvgIpc) is 3.14. The van der Waals surface area contributed by atoms with Crippen LogP contribution in [-0.4, -0.2) is 46.6 Å². The van der Waals surface area contributed by atoms with Crippen LogP contribution in [0.4, 0.5) is 10.2 Å². The van der Waals surface area contributed by atoms with Crippen LogP contribution in [0.2, 0.25) is 5.02 Å². The molecule has 2 heterocycles. The summed E-state index contributed by atoms with van der Waals surface area (Å²) in [7, 11) is 4.16. The molecule has 4 aromatic rings. The van der Waals surface area contributed by atoms with Gasteiger partial charge >= 0.3 is 0 Å². The van der Waals surface area contributed by atoms with Gasteiger partial charge in [0.2, 0.25) is 0 Å². The zero-order valence-electron chi connectivity index (χ0n) is 19.4. The van der Waals surface area contributed by atoms with Gasteiger partial charge in [-0.2, -0.15) is 0 Å². The van der Waals surface area contributed by atoms with Crippen molar-refractivity contribution in [2.24, 2.45) is 5.41 Å². The highest BCUT2D eigenvalue weighted by molar-refractivity contribution is 6.33. The van der Waals surface area contributed by atoms with E-state index < -0.39 is 0 Å². The fourth-order valence-corrected chi connectivity index (χ4v) is 4.39. The van der Waals surface area contributed by atoms with E-state index in [-0.39, 0.29) is 11.2 Å². The zero-order chi connectivity index (χ0) is 23.6. The lowest BCUT2D eigenvalue weighted by molar-refractivity contribution is 0.254. The molecule has 2 aromatic heterocycles. The van der Waals surface area contributed by atoms with Crippen molar-refractivity contribution in [2.45, 2.75) is 20.4 Å². The molecule has 0 spiro atoms. The second kappa shape index (κ2) is 9.49. The van der Waals surface area contributed by atoms with E-state index in [1.807, 2.05) is 28.8 Å². The summed E-state index contributed by atoms with van der Waals surface area (Å²) in [4.78, 5) is 11.2. The van der Waals surface area contributed by atoms with Crippen LogP contribution >= 0.6 is 11.6 Å². The molecule has 0 bridgehead atoms. The number of hydrogen-bond acceptors (Lipinski definition) is 4. The molecule has 0 atom stereocenters. The standard InChI is InChI=1S/C26H29ClFN5/c1-26(2,16-32(3)4)15-30-25-12-21(22(27)13-29-25)19-8-9-23-24(11-19)33(17-31-23)14-18-6-5-7-20(28)10-18/h5-13,17H,14-16H2,1-4H3,(H,29,30). The van der Waals surface area contributed by atoms with Crippen molar-refractivity contribution in [3.05, 3.63) is 77.5 Å². The summed E-state index contributed by atoms with van der Waals surface area (Å²) in [6, 6.07) is 14.7. The van der Waals surface area contributed by atoms with E-state index in [0.29, 0.717) is 11.6 Å². The molecule has 0 aliphatic rings. The normalized spacial score (nSPS) is 12.0. The maximum Gasteiger partial charge on any atom is 0.126 e. The van der Waals surface area contributed by atoms with Crippen LogP contribution in [0.1, 0.15) is 19.4 Å². The summed E-state index contributed by atoms with van der Waals surface area (Å²) in [6.07, 6.45) is 3.47. The minimum Gasteiger partial charge on any atom is -0.369 e. The number of benzene rings is 2. The second-order valence-corrected chi connectivity index (χ2v) is 9.92. The predicted molar refractivity (Wildman–Crippen MR) is 134 cm³/mol. The van der Waals surface area contributed by atoms with Crippen LogP contribution in [0.3, 0.4) is 0 Å². The lowest BCUT2D eigenvalue weighted by Crippen LogP contribution is -2.34. The first-order chi connectivity index (χ1) is 15.7. The molecule has 2 aromatic carbocycles. The molecular formula is C26H29ClFN5. The quantitative estimate of drug-likeness (QED) is 0.350. The lowest BCUT2D eigenvalue weighted by atomic mass is 9.93. The molecule has 0 fully saturated rings. The number of hydrogen-bond donors (Lipinski definition) is 1. The van der Waals surface area contributed by atoms with Crippen molar-refractivity contribution in [1.29, 1.82) is 0 Å². The molecule has 5 nitrogen and oxygen atoms in total. The van der Waals surface area contributed by atoms with Gasteiger partial charge in [-0.15, -0.1) is 0 Å². The van der Waals surface area contributed by atoms with Gasteiger partial charge in [-0.3, -0.25) is 0 Å². The Bertz CT molecular complexity index is 1260. The summed E-state index contributed by atoms with van der Waals surface area (Å²) in [6.45, 7) is 6.75. The van der Waals surface area contributed by atoms with Crippen molar-refractivity contribution < 1.29 is 4.39 Å². The van der Waals surface area contributed by atoms with Crippen LogP contribution < -0.4 is 5.32 Å². The van der Waals surface area contributed by atoms with E-state index in [0.717, 1.165) is 46.6 Å². The molecule has 7 heteroatoms. The van der Waals surface area contributed by atoms with Crippen LogP contribution in [0.5, 0.6) is 0 Å². The van der Waals surface area contributed by atoms with Gasteiger partial charge in [-0.05, 0) is 61.0 Å². The number of aromatic nitrogens is 3. The molecule has 0 saturated heterocycles. The highest BCUT2D eigenvalue weighted by atomic mass is 35.5. The Labute approximate surface area is 199 Å². The van der Waals surface area contributed by atoms with Crippen LogP contribution in [0, 0.1) is 11.2 Å². The largest absolute Gasteiger partial charge is 0.369 e. The maximum absolute atomic E-state index is 13.6. The molecule has 4 rings (SSSR count). The summed E-state index contributed by atoms with van der Waals surface area (Å²) in [5.74, 6) is 0.546. The summed E-state index contributed by atoms with van der Waals surface area (Å²) >= 11 is 6.54. The van der Waals surface area contributed by atoms with Crippen LogP contribution in [0.25, 0.3) is 22.2 Å². The topological polar surface area (TPSA) is 46.0 Å². The van der Waals surface area contributed by atoms with Gasteiger partial charge in [0, 0.05) is 31.4 Å². The maximum atomic E-state index is 13.6. The van der Waals surface area contributed by atoms with E-state index in [1.165, 1.54) is 6.07 Å². The van der Waals surface area contributed by atoms with Gasteiger partial charge in [-0.1, -0.05) is 43.6 Å². The number of imidazole rings is 1. The number of nitrogens with zero attached hydrogens (tertiary/aromatic N) is 4. The molecule has 0 aliphatic heterocycles. The highest BCUT2D eigenvalue weighted by Crippen LogP contribution is 2.32. The fraction of sp³-hybridized carbons (Fsp3) is 0.308. The van der Waals surface area contributed by atoms with Crippen molar-refractivity contribution in [3.8, 4) is 11.1 Å². The Morgan fingerprint density at radius 2 is 1.91 bits per heavy atom. The molecule has 0 aliphatic carbocycles. The summed E-state index contributed by atoms with van der Waals surface area (Å²) < 4.78 is 15.6. The molecule has 172 valence electrons. The molecule has 0 amide bonds. The molecule has 33 heavy (non-hydrogen) atoms. The van der Waals surface area contributed by atoms with Gasteiger partial charge in [0.15, 0.2) is 0 Å². The first-order valence-electron chi connectivity index (χ1n) is 10.9. The van der Waals surface area contributed by atoms with E-state index in [2.05, 4.69) is 54.2 Å². The van der Waals surface area contributed by atoms with E-state index in [1.54, 1.807) is 24.7 Å². The van der Waals surface area contributed by atoms with Crippen molar-refractivity contribution in [2.75, 3.05) is 32.5 Å². The molecule has 0 radical (unpaired) electrons. The number of fused-ring (bicyclic) bond motifs is 1. The first kappa shape index (κ1) is 23.2. The summed E-state index contributed by atoms with van der Waals surface area (Å²) in [5.41, 5.74) is 4.70. The minimum absolute atomic E-state index is 0.0906. The van der Waals surface area contributed by atoms with Gasteiger partial charge in [0.25, 0.3) is 0 Å². The highest BCUT2D eigenvalue weighted by Gasteiger charge is 2.19. The third-order valence-corrected chi connectivity index (χ3v) is 5.82. The van der Waals surface area contributed by atoms with Crippen molar-refractivity contribution in [3.63, 3.8) is 0 Å². The number of anilines is 1. The number of pyridine rings is 1. The van der Waals surface area contributed by atoms with Gasteiger partial charge in [0.05, 0.1) is 22.4 Å². The van der Waals surface area contributed by atoms with Gasteiger partial charge < -0.3 is 14.8 Å². The lowest BCUT2D eigenvalue weighted by Gasteiger charge is -2.28. The van der Waals surface area contributed by atoms with E-state index >= 15 is 0 Å². The number of nitrogens with one attached hydrogen (secondary N) is 1. The zero-order valence-corrected chi connectivity index (χ0v) is 20.2. The molecular weight excluding hydrogens is 437 g/mol. The average molecular weight is 466 g/mol. The van der Waals surface area contributed by atoms with Crippen LogP contribution in [-0.2, 0) is 6.54 Å². The Hall–Kier alpha value is -2.96. The Morgan fingerprint density at radius 1 is 1.09 bits per heavy atom. The van der Waals surface area contributed by atoms with Crippen molar-refractivity contribution in [1.82, 2.24) is 19.4 Å². The van der Waals surface area contributed by atoms with E-state index in [9.17, 15) is 4.39 Å². The Balaban J connectivity index is 1.61. The first-order valence-corrected chi connectivity index (χ1v) is 11.3. The Morgan fingerprint density at radius 3 is 2.67 bits per heavy atom. The number of halogens is 2. The number of rotatable bonds is 8. The monoisotopic (exact) mass is 465 g/mol. The van der Waals surface area contributed by atoms with E-state index in [4.69, 9.17) is 11.6 Å². The SMILES string of the molecule is CN(C)CC(C)(C)CNc1cc(-c2ccc3ncn(Cc4cccc(F)c4)c3c2)c(Cl)cn1. The van der Waals surface area contributed by atoms with Gasteiger partial charge in [-0.25, -0.2) is 14.4 Å². The molecule has 1 N–H and O–H groups in total. The van der Waals surface area contributed by atoms with Crippen LogP contribution in [0.15, 0.2) is 61.1 Å². The predicted octanol–water partition coefficient (Wildman–Crippen LogP) is 5.94. The van der Waals surface area contributed by atoms with Crippen molar-refractivity contribution >= 4 is 28.5 Å². The molecule has 0 saturated carbocycles. The van der Waals surface area contributed by atoms with Gasteiger partial charge in [0.1, 0.15) is 11.6 Å². The third-order valence-electron chi connectivity index (χ3n) is 5.52. The minimum atomic E-state index is -0.241.